The van der Waals surface area contributed by atoms with Crippen molar-refractivity contribution in [1.29, 1.82) is 0 Å². The predicted octanol–water partition coefficient (Wildman–Crippen LogP) is -10.1. The zero-order valence-electron chi connectivity index (χ0n) is 37.9. The number of quaternary nitrogens is 1. The molecule has 4 aliphatic rings. The Morgan fingerprint density at radius 2 is 1.03 bits per heavy atom. The molecule has 26 heteroatoms. The number of aliphatic carboxylic acids is 4. The monoisotopic (exact) mass is 962 g/mol. The molecule has 0 bridgehead atoms. The Bertz CT molecular complexity index is 1940. The average Bonchev–Trinajstić information content (AvgIpc) is 4.13. The van der Waals surface area contributed by atoms with E-state index < -0.39 is 164 Å². The summed E-state index contributed by atoms with van der Waals surface area (Å²) < 4.78 is 0. The van der Waals surface area contributed by atoms with E-state index in [-0.39, 0.29) is 45.3 Å². The summed E-state index contributed by atoms with van der Waals surface area (Å²) in [6, 6.07) is -11.7. The third-order valence-corrected chi connectivity index (χ3v) is 12.6. The van der Waals surface area contributed by atoms with Gasteiger partial charge in [-0.15, -0.1) is 0 Å². The molecule has 8 amide bonds. The van der Waals surface area contributed by atoms with Crippen molar-refractivity contribution < 1.29 is 88.4 Å². The molecule has 0 radical (unpaired) electrons. The van der Waals surface area contributed by atoms with Crippen molar-refractivity contribution in [3.63, 3.8) is 0 Å². The SMILES string of the molecule is C[C@H](NC(=O)[C@@H](NC(=O)[C@@H]1CCCN1C(=O)[C@H](CCC(=O)[O-])NC(=O)[C@@H]1CCC[NH2+]1)[C@@H](C)O)C(=O)N1CCC[C@H]1C(=O)N1CCC[C@H]1C(=O)N[C@@H](CCC(=O)[O-])C(=O)N[C@@H](CCC(=O)[O-])C(=O)[O-]. The smallest absolute Gasteiger partial charge is 0.278 e. The van der Waals surface area contributed by atoms with Crippen LogP contribution in [0.15, 0.2) is 0 Å². The maximum absolute atomic E-state index is 14.1. The highest BCUT2D eigenvalue weighted by Crippen LogP contribution is 2.26. The van der Waals surface area contributed by atoms with Crippen LogP contribution in [0.25, 0.3) is 0 Å². The molecule has 0 aromatic heterocycles. The molecule has 378 valence electrons. The molecule has 4 rings (SSSR count). The van der Waals surface area contributed by atoms with Gasteiger partial charge in [0, 0.05) is 50.4 Å². The van der Waals surface area contributed by atoms with Gasteiger partial charge < -0.3 is 91.3 Å². The summed E-state index contributed by atoms with van der Waals surface area (Å²) in [5.74, 6) is -12.9. The lowest BCUT2D eigenvalue weighted by atomic mass is 10.1. The first kappa shape index (κ1) is 54.2. The van der Waals surface area contributed by atoms with Crippen molar-refractivity contribution in [3.8, 4) is 0 Å². The predicted molar refractivity (Wildman–Crippen MR) is 219 cm³/mol. The Morgan fingerprint density at radius 3 is 1.56 bits per heavy atom. The molecule has 68 heavy (non-hydrogen) atoms. The summed E-state index contributed by atoms with van der Waals surface area (Å²) in [6.07, 6.45) is -2.37. The second kappa shape index (κ2) is 25.1. The minimum absolute atomic E-state index is 0.0434. The highest BCUT2D eigenvalue weighted by Gasteiger charge is 2.45. The van der Waals surface area contributed by atoms with Gasteiger partial charge in [0.15, 0.2) is 6.04 Å². The van der Waals surface area contributed by atoms with Crippen molar-refractivity contribution in [2.75, 3.05) is 26.2 Å². The van der Waals surface area contributed by atoms with Gasteiger partial charge in [-0.2, -0.15) is 0 Å². The van der Waals surface area contributed by atoms with Crippen LogP contribution in [0.3, 0.4) is 0 Å². The van der Waals surface area contributed by atoms with Gasteiger partial charge in [-0.05, 0) is 90.9 Å². The molecule has 8 N–H and O–H groups in total. The number of aliphatic hydroxyl groups is 1. The van der Waals surface area contributed by atoms with E-state index in [9.17, 15) is 83.1 Å². The van der Waals surface area contributed by atoms with Crippen molar-refractivity contribution in [2.45, 2.75) is 164 Å². The molecule has 0 aliphatic carbocycles. The maximum Gasteiger partial charge on any atom is 0.278 e. The van der Waals surface area contributed by atoms with Crippen LogP contribution in [0.2, 0.25) is 0 Å². The molecule has 0 aromatic rings. The lowest BCUT2D eigenvalue weighted by molar-refractivity contribution is -0.657. The summed E-state index contributed by atoms with van der Waals surface area (Å²) in [6.45, 7) is 3.42. The fourth-order valence-corrected chi connectivity index (χ4v) is 8.95. The molecule has 0 saturated carbocycles. The molecule has 4 heterocycles. The number of aliphatic hydroxyl groups excluding tert-OH is 1. The van der Waals surface area contributed by atoms with Gasteiger partial charge >= 0.3 is 0 Å². The Kier molecular flexibility index (Phi) is 20.0. The lowest BCUT2D eigenvalue weighted by Gasteiger charge is -2.33. The lowest BCUT2D eigenvalue weighted by Crippen LogP contribution is -2.89. The third kappa shape index (κ3) is 14.8. The first-order valence-electron chi connectivity index (χ1n) is 22.9. The number of hydrogen-bond acceptors (Lipinski definition) is 17. The number of rotatable bonds is 24. The van der Waals surface area contributed by atoms with Crippen LogP contribution in [0.4, 0.5) is 0 Å². The van der Waals surface area contributed by atoms with E-state index in [1.165, 1.54) is 28.5 Å². The van der Waals surface area contributed by atoms with Gasteiger partial charge in [-0.25, -0.2) is 0 Å². The van der Waals surface area contributed by atoms with Gasteiger partial charge in [0.05, 0.1) is 24.7 Å². The number of likely N-dealkylation sites (tertiary alicyclic amines) is 3. The molecule has 0 unspecified atom stereocenters. The highest BCUT2D eigenvalue weighted by molar-refractivity contribution is 5.98. The minimum atomic E-state index is -1.85. The number of nitrogens with zero attached hydrogens (tertiary/aromatic N) is 3. The number of nitrogens with one attached hydrogen (secondary N) is 5. The van der Waals surface area contributed by atoms with Crippen molar-refractivity contribution in [2.24, 2.45) is 0 Å². The topological polar surface area (TPSA) is 404 Å². The third-order valence-electron chi connectivity index (χ3n) is 12.6. The van der Waals surface area contributed by atoms with Crippen LogP contribution in [0, 0.1) is 0 Å². The van der Waals surface area contributed by atoms with E-state index in [0.29, 0.717) is 32.2 Å². The molecule has 4 fully saturated rings. The van der Waals surface area contributed by atoms with Gasteiger partial charge in [0.2, 0.25) is 41.4 Å². The molecule has 0 spiro atoms. The van der Waals surface area contributed by atoms with Gasteiger partial charge in [0.25, 0.3) is 5.91 Å². The van der Waals surface area contributed by atoms with Crippen LogP contribution in [0.5, 0.6) is 0 Å². The van der Waals surface area contributed by atoms with Crippen LogP contribution < -0.4 is 52.3 Å². The molecule has 4 saturated heterocycles. The molecular weight excluding hydrogens is 903 g/mol. The Morgan fingerprint density at radius 1 is 0.544 bits per heavy atom. The van der Waals surface area contributed by atoms with E-state index in [2.05, 4.69) is 21.3 Å². The molecule has 10 atom stereocenters. The number of amides is 8. The molecule has 26 nitrogen and oxygen atoms in total. The normalized spacial score (nSPS) is 22.7. The number of nitrogens with two attached hydrogens (primary N) is 1. The highest BCUT2D eigenvalue weighted by atomic mass is 16.4. The van der Waals surface area contributed by atoms with Gasteiger partial charge in [-0.3, -0.25) is 38.4 Å². The first-order valence-corrected chi connectivity index (χ1v) is 22.9. The maximum atomic E-state index is 14.1. The Labute approximate surface area is 390 Å². The van der Waals surface area contributed by atoms with E-state index >= 15 is 0 Å². The van der Waals surface area contributed by atoms with Crippen LogP contribution in [-0.4, -0.2) is 178 Å². The fraction of sp³-hybridized carbons (Fsp3) is 0.714. The van der Waals surface area contributed by atoms with E-state index in [4.69, 9.17) is 0 Å². The molecule has 0 aromatic carbocycles. The fourth-order valence-electron chi connectivity index (χ4n) is 8.95. The minimum Gasteiger partial charge on any atom is -0.550 e. The standard InChI is InChI=1S/C42H63N9O17/c1-21(44-38(63)33(22(2)52)48-37(62)28-9-4-18-49(28)40(65)25(12-15-31(55)56)46-34(59)23-7-3-17-43-23)39(64)51-20-6-10-29(51)41(66)50-19-5-8-27(50)36(61)45-24(11-14-30(53)54)35(60)47-26(42(67)68)13-16-32(57)58/h21-29,33,43,52H,3-20H2,1-2H3,(H,44,63)(H,45,61)(H,46,59)(H,47,60)(H,48,62)(H,53,54)(H,55,56)(H,57,58)(H,67,68)/p-3/t21-,22+,23-,24-,25-,26-,27-,28-,29-,33-/m0/s1. The van der Waals surface area contributed by atoms with E-state index in [1.807, 2.05) is 5.32 Å². The number of hydrogen-bond donors (Lipinski definition) is 7. The summed E-state index contributed by atoms with van der Waals surface area (Å²) in [4.78, 5) is 157. The Hall–Kier alpha value is -6.44. The zero-order chi connectivity index (χ0) is 50.4. The van der Waals surface area contributed by atoms with Crippen LogP contribution >= 0.6 is 0 Å². The quantitative estimate of drug-likeness (QED) is 0.0472. The van der Waals surface area contributed by atoms with E-state index in [1.54, 1.807) is 5.32 Å². The second-order valence-electron chi connectivity index (χ2n) is 17.5. The summed E-state index contributed by atoms with van der Waals surface area (Å²) in [5, 5.41) is 69.3. The largest absolute Gasteiger partial charge is 0.550 e. The number of carbonyl (C=O) groups is 12. The number of carboxylic acids is 4. The van der Waals surface area contributed by atoms with Gasteiger partial charge in [-0.1, -0.05) is 0 Å². The van der Waals surface area contributed by atoms with Crippen LogP contribution in [-0.2, 0) is 57.5 Å². The molecule has 4 aliphatic heterocycles. The molecular formula is C42H60N9O17-3. The summed E-state index contributed by atoms with van der Waals surface area (Å²) in [7, 11) is 0. The second-order valence-corrected chi connectivity index (χ2v) is 17.5. The van der Waals surface area contributed by atoms with Crippen molar-refractivity contribution >= 4 is 71.1 Å². The first-order chi connectivity index (χ1) is 32.1. The van der Waals surface area contributed by atoms with Gasteiger partial charge in [0.1, 0.15) is 42.3 Å². The van der Waals surface area contributed by atoms with Crippen LogP contribution in [0.1, 0.15) is 104 Å². The number of carbonyl (C=O) groups excluding carboxylic acids is 12. The Balaban J connectivity index is 1.39. The summed E-state index contributed by atoms with van der Waals surface area (Å²) >= 11 is 0. The van der Waals surface area contributed by atoms with E-state index in [0.717, 1.165) is 6.42 Å². The van der Waals surface area contributed by atoms with Crippen molar-refractivity contribution in [1.82, 2.24) is 41.3 Å². The van der Waals surface area contributed by atoms with Crippen molar-refractivity contribution in [3.05, 3.63) is 0 Å². The average molecular weight is 963 g/mol. The zero-order valence-corrected chi connectivity index (χ0v) is 37.9. The number of carboxylic acid groups (broad SMARTS) is 4. The summed E-state index contributed by atoms with van der Waals surface area (Å²) in [5.41, 5.74) is 0.